The van der Waals surface area contributed by atoms with E-state index in [0.29, 0.717) is 18.9 Å². The van der Waals surface area contributed by atoms with Crippen molar-refractivity contribution in [2.75, 3.05) is 26.3 Å². The Kier molecular flexibility index (Phi) is 10.2. The monoisotopic (exact) mass is 574 g/mol. The lowest BCUT2D eigenvalue weighted by molar-refractivity contribution is -0.0907. The topological polar surface area (TPSA) is 114 Å². The number of nitrogens with zero attached hydrogens (tertiary/aromatic N) is 1. The van der Waals surface area contributed by atoms with Gasteiger partial charge in [0.15, 0.2) is 6.29 Å². The lowest BCUT2D eigenvalue weighted by Gasteiger charge is -2.31. The van der Waals surface area contributed by atoms with Crippen molar-refractivity contribution in [3.63, 3.8) is 0 Å². The molecule has 2 aliphatic heterocycles. The molecular formula is C30H42N2O7S. The first kappa shape index (κ1) is 30.5. The maximum atomic E-state index is 13.5. The molecule has 0 aromatic heterocycles. The van der Waals surface area contributed by atoms with Crippen LogP contribution in [0.3, 0.4) is 0 Å². The lowest BCUT2D eigenvalue weighted by Crippen LogP contribution is -2.51. The molecule has 2 N–H and O–H groups in total. The number of amides is 1. The Morgan fingerprint density at radius 3 is 2.40 bits per heavy atom. The first-order chi connectivity index (χ1) is 19.0. The Morgan fingerprint density at radius 1 is 1.05 bits per heavy atom. The van der Waals surface area contributed by atoms with Crippen LogP contribution in [0.15, 0.2) is 59.5 Å². The van der Waals surface area contributed by atoms with Crippen molar-refractivity contribution in [3.05, 3.63) is 65.7 Å². The Hall–Kier alpha value is -2.50. The van der Waals surface area contributed by atoms with E-state index >= 15 is 0 Å². The highest BCUT2D eigenvalue weighted by Gasteiger charge is 2.44. The molecule has 0 saturated carbocycles. The molecule has 2 heterocycles. The molecule has 2 saturated heterocycles. The zero-order valence-corrected chi connectivity index (χ0v) is 24.5. The first-order valence-corrected chi connectivity index (χ1v) is 15.5. The molecule has 5 unspecified atom stereocenters. The molecular weight excluding hydrogens is 532 g/mol. The average Bonchev–Trinajstić information content (AvgIpc) is 3.53. The highest BCUT2D eigenvalue weighted by atomic mass is 32.2. The van der Waals surface area contributed by atoms with Crippen LogP contribution in [0.4, 0.5) is 4.79 Å². The zero-order valence-electron chi connectivity index (χ0n) is 23.7. The summed E-state index contributed by atoms with van der Waals surface area (Å²) in [4.78, 5) is 13.2. The van der Waals surface area contributed by atoms with Crippen molar-refractivity contribution in [3.8, 4) is 0 Å². The quantitative estimate of drug-likeness (QED) is 0.395. The predicted octanol–water partition coefficient (Wildman–Crippen LogP) is 3.92. The largest absolute Gasteiger partial charge is 0.443 e. The van der Waals surface area contributed by atoms with Gasteiger partial charge in [0.1, 0.15) is 6.10 Å². The van der Waals surface area contributed by atoms with E-state index in [4.69, 9.17) is 14.2 Å². The van der Waals surface area contributed by atoms with Gasteiger partial charge in [-0.2, -0.15) is 4.31 Å². The number of alkyl carbamates (subject to hydrolysis) is 1. The summed E-state index contributed by atoms with van der Waals surface area (Å²) in [6.07, 6.45) is -1.62. The van der Waals surface area contributed by atoms with Crippen LogP contribution in [0, 0.1) is 11.8 Å². The van der Waals surface area contributed by atoms with Gasteiger partial charge in [0.25, 0.3) is 0 Å². The van der Waals surface area contributed by atoms with E-state index in [0.717, 1.165) is 12.0 Å². The molecule has 4 rings (SSSR count). The Bertz CT molecular complexity index is 1200. The number of aliphatic hydroxyl groups is 1. The summed E-state index contributed by atoms with van der Waals surface area (Å²) in [5.74, 6) is 0.373. The third kappa shape index (κ3) is 7.61. The van der Waals surface area contributed by atoms with Gasteiger partial charge < -0.3 is 24.6 Å². The van der Waals surface area contributed by atoms with Gasteiger partial charge in [-0.1, -0.05) is 70.2 Å². The number of ether oxygens (including phenoxy) is 3. The van der Waals surface area contributed by atoms with E-state index in [1.807, 2.05) is 38.1 Å². The minimum Gasteiger partial charge on any atom is -0.443 e. The minimum atomic E-state index is -3.87. The lowest BCUT2D eigenvalue weighted by atomic mass is 9.97. The Morgan fingerprint density at radius 2 is 1.75 bits per heavy atom. The number of carbonyl (C=O) groups is 1. The minimum absolute atomic E-state index is 0.0183. The Balaban J connectivity index is 1.53. The van der Waals surface area contributed by atoms with Crippen LogP contribution in [0.25, 0.3) is 0 Å². The maximum absolute atomic E-state index is 13.5. The summed E-state index contributed by atoms with van der Waals surface area (Å²) in [6, 6.07) is 15.4. The van der Waals surface area contributed by atoms with Gasteiger partial charge >= 0.3 is 6.09 Å². The number of aliphatic hydroxyl groups excluding tert-OH is 1. The molecule has 0 radical (unpaired) electrons. The van der Waals surface area contributed by atoms with Crippen molar-refractivity contribution in [1.82, 2.24) is 9.62 Å². The molecule has 0 bridgehead atoms. The number of hydrogen-bond acceptors (Lipinski definition) is 7. The maximum Gasteiger partial charge on any atom is 0.407 e. The van der Waals surface area contributed by atoms with E-state index in [9.17, 15) is 18.3 Å². The Labute approximate surface area is 237 Å². The van der Waals surface area contributed by atoms with E-state index in [1.165, 1.54) is 9.87 Å². The molecule has 5 atom stereocenters. The van der Waals surface area contributed by atoms with E-state index in [-0.39, 0.29) is 42.7 Å². The molecule has 9 nitrogen and oxygen atoms in total. The van der Waals surface area contributed by atoms with Crippen LogP contribution in [0.1, 0.15) is 51.2 Å². The average molecular weight is 575 g/mol. The van der Waals surface area contributed by atoms with Gasteiger partial charge in [-0.25, -0.2) is 13.2 Å². The van der Waals surface area contributed by atoms with Crippen LogP contribution in [-0.2, 0) is 30.7 Å². The van der Waals surface area contributed by atoms with Crippen LogP contribution in [0.2, 0.25) is 0 Å². The molecule has 40 heavy (non-hydrogen) atoms. The fraction of sp³-hybridized carbons (Fsp3) is 0.567. The van der Waals surface area contributed by atoms with Crippen molar-refractivity contribution < 1.29 is 32.5 Å². The highest BCUT2D eigenvalue weighted by Crippen LogP contribution is 2.33. The predicted molar refractivity (Wildman–Crippen MR) is 151 cm³/mol. The summed E-state index contributed by atoms with van der Waals surface area (Å²) in [5, 5.41) is 14.3. The van der Waals surface area contributed by atoms with Crippen molar-refractivity contribution in [2.45, 2.75) is 75.9 Å². The summed E-state index contributed by atoms with van der Waals surface area (Å²) in [5.41, 5.74) is 2.09. The molecule has 2 aromatic carbocycles. The van der Waals surface area contributed by atoms with E-state index in [1.54, 1.807) is 30.3 Å². The number of carbonyl (C=O) groups excluding carboxylic acids is 1. The fourth-order valence-electron chi connectivity index (χ4n) is 5.20. The van der Waals surface area contributed by atoms with Crippen molar-refractivity contribution in [1.29, 1.82) is 0 Å². The molecule has 2 fully saturated rings. The molecule has 2 aromatic rings. The van der Waals surface area contributed by atoms with Crippen LogP contribution < -0.4 is 5.32 Å². The number of benzene rings is 2. The van der Waals surface area contributed by atoms with Crippen LogP contribution >= 0.6 is 0 Å². The molecule has 10 heteroatoms. The number of hydrogen-bond donors (Lipinski definition) is 2. The number of nitrogens with one attached hydrogen (secondary N) is 1. The molecule has 1 amide bonds. The summed E-state index contributed by atoms with van der Waals surface area (Å²) < 4.78 is 45.1. The zero-order chi connectivity index (χ0) is 28.9. The third-order valence-corrected chi connectivity index (χ3v) is 9.30. The van der Waals surface area contributed by atoms with Crippen molar-refractivity contribution >= 4 is 16.1 Å². The van der Waals surface area contributed by atoms with Crippen LogP contribution in [0.5, 0.6) is 0 Å². The number of fused-ring (bicyclic) bond motifs is 1. The highest BCUT2D eigenvalue weighted by molar-refractivity contribution is 7.89. The molecule has 2 aliphatic rings. The molecule has 220 valence electrons. The molecule has 0 aliphatic carbocycles. The normalized spacial score (nSPS) is 22.4. The fourth-order valence-corrected chi connectivity index (χ4v) is 6.84. The van der Waals surface area contributed by atoms with Gasteiger partial charge in [-0.05, 0) is 47.9 Å². The third-order valence-electron chi connectivity index (χ3n) is 7.45. The molecule has 0 spiro atoms. The first-order valence-electron chi connectivity index (χ1n) is 14.1. The van der Waals surface area contributed by atoms with Gasteiger partial charge in [-0.15, -0.1) is 0 Å². The van der Waals surface area contributed by atoms with Gasteiger partial charge in [0.2, 0.25) is 10.0 Å². The summed E-state index contributed by atoms with van der Waals surface area (Å²) >= 11 is 0. The second-order valence-corrected chi connectivity index (χ2v) is 13.4. The second kappa shape index (κ2) is 13.4. The summed E-state index contributed by atoms with van der Waals surface area (Å²) in [7, 11) is -3.87. The standard InChI is InChI=1S/C30H42N2O7S/c1-20(2)17-32(40(35,36)24-8-6-5-7-9-24)18-27(33)26(16-22-10-12-23(13-11-22)21(3)4)31-30(34)39-28-19-38-29-25(28)14-15-37-29/h5-13,20-21,25-29,33H,14-19H2,1-4H3,(H,31,34). The smallest absolute Gasteiger partial charge is 0.407 e. The van der Waals surface area contributed by atoms with Gasteiger partial charge in [-0.3, -0.25) is 0 Å². The SMILES string of the molecule is CC(C)CN(CC(O)C(Cc1ccc(C(C)C)cc1)NC(=O)OC1COC2OCCC12)S(=O)(=O)c1ccccc1. The van der Waals surface area contributed by atoms with E-state index in [2.05, 4.69) is 19.2 Å². The van der Waals surface area contributed by atoms with E-state index < -0.39 is 34.4 Å². The van der Waals surface area contributed by atoms with Crippen LogP contribution in [-0.4, -0.2) is 74.8 Å². The number of sulfonamides is 1. The van der Waals surface area contributed by atoms with Crippen molar-refractivity contribution in [2.24, 2.45) is 11.8 Å². The second-order valence-electron chi connectivity index (χ2n) is 11.4. The van der Waals surface area contributed by atoms with Gasteiger partial charge in [0, 0.05) is 13.1 Å². The van der Waals surface area contributed by atoms with Gasteiger partial charge in [0.05, 0.1) is 36.2 Å². The number of rotatable bonds is 12. The summed E-state index contributed by atoms with van der Waals surface area (Å²) in [6.45, 7) is 8.92.